The monoisotopic (exact) mass is 262 g/mol. The predicted octanol–water partition coefficient (Wildman–Crippen LogP) is 5.10. The van der Waals surface area contributed by atoms with E-state index in [1.165, 1.54) is 12.1 Å². The molecule has 0 unspecified atom stereocenters. The van der Waals surface area contributed by atoms with Crippen LogP contribution < -0.4 is 0 Å². The molecule has 2 aromatic carbocycles. The van der Waals surface area contributed by atoms with Crippen LogP contribution in [0, 0.1) is 0 Å². The first-order valence-electron chi connectivity index (χ1n) is 5.88. The summed E-state index contributed by atoms with van der Waals surface area (Å²) in [6, 6.07) is 12.8. The summed E-state index contributed by atoms with van der Waals surface area (Å²) < 4.78 is 37.9. The summed E-state index contributed by atoms with van der Waals surface area (Å²) in [6.07, 6.45) is -1.76. The molecule has 0 atom stereocenters. The van der Waals surface area contributed by atoms with Crippen molar-refractivity contribution in [1.29, 1.82) is 0 Å². The van der Waals surface area contributed by atoms with Crippen LogP contribution in [0.3, 0.4) is 0 Å². The Bertz CT molecular complexity index is 565. The maximum absolute atomic E-state index is 12.6. The average molecular weight is 262 g/mol. The van der Waals surface area contributed by atoms with Crippen molar-refractivity contribution in [1.82, 2.24) is 0 Å². The largest absolute Gasteiger partial charge is 0.416 e. The van der Waals surface area contributed by atoms with Gasteiger partial charge in [-0.3, -0.25) is 0 Å². The van der Waals surface area contributed by atoms with Gasteiger partial charge < -0.3 is 0 Å². The van der Waals surface area contributed by atoms with Crippen LogP contribution >= 0.6 is 0 Å². The van der Waals surface area contributed by atoms with E-state index in [1.54, 1.807) is 12.1 Å². The van der Waals surface area contributed by atoms with Crippen LogP contribution in [-0.4, -0.2) is 0 Å². The lowest BCUT2D eigenvalue weighted by Gasteiger charge is -2.09. The summed E-state index contributed by atoms with van der Waals surface area (Å²) in [6.45, 7) is 3.65. The highest BCUT2D eigenvalue weighted by Gasteiger charge is 2.30. The fourth-order valence-electron chi connectivity index (χ4n) is 1.88. The number of allylic oxidation sites excluding steroid dienone is 1. The number of halogens is 3. The van der Waals surface area contributed by atoms with E-state index < -0.39 is 11.7 Å². The molecule has 0 amide bonds. The van der Waals surface area contributed by atoms with E-state index in [4.69, 9.17) is 0 Å². The summed E-state index contributed by atoms with van der Waals surface area (Å²) in [5.74, 6) is 0. The van der Waals surface area contributed by atoms with Gasteiger partial charge in [0.25, 0.3) is 0 Å². The molecule has 2 rings (SSSR count). The fraction of sp³-hybridized carbons (Fsp3) is 0.125. The summed E-state index contributed by atoms with van der Waals surface area (Å²) in [4.78, 5) is 0. The minimum absolute atomic E-state index is 0.569. The van der Waals surface area contributed by atoms with Gasteiger partial charge in [0.1, 0.15) is 0 Å². The zero-order valence-electron chi connectivity index (χ0n) is 10.2. The molecule has 0 radical (unpaired) electrons. The average Bonchev–Trinajstić information content (AvgIpc) is 2.39. The summed E-state index contributed by atoms with van der Waals surface area (Å²) in [5.41, 5.74) is 1.81. The Morgan fingerprint density at radius 1 is 0.947 bits per heavy atom. The molecule has 0 heterocycles. The molecule has 0 aliphatic heterocycles. The molecule has 2 aromatic rings. The fourth-order valence-corrected chi connectivity index (χ4v) is 1.88. The summed E-state index contributed by atoms with van der Waals surface area (Å²) >= 11 is 0. The van der Waals surface area contributed by atoms with Crippen LogP contribution in [0.2, 0.25) is 0 Å². The van der Waals surface area contributed by atoms with Crippen LogP contribution in [0.4, 0.5) is 13.2 Å². The van der Waals surface area contributed by atoms with E-state index in [2.05, 4.69) is 6.58 Å². The van der Waals surface area contributed by atoms with Gasteiger partial charge in [0, 0.05) is 0 Å². The normalized spacial score (nSPS) is 11.3. The van der Waals surface area contributed by atoms with Crippen molar-refractivity contribution >= 4 is 0 Å². The van der Waals surface area contributed by atoms with Crippen molar-refractivity contribution in [2.24, 2.45) is 0 Å². The molecule has 3 heteroatoms. The SMILES string of the molecule is C=CCc1ccc(-c2cccc(C(F)(F)F)c2)cc1. The third kappa shape index (κ3) is 3.25. The van der Waals surface area contributed by atoms with Crippen LogP contribution in [0.25, 0.3) is 11.1 Å². The van der Waals surface area contributed by atoms with Gasteiger partial charge in [-0.1, -0.05) is 42.5 Å². The van der Waals surface area contributed by atoms with Crippen molar-refractivity contribution in [3.8, 4) is 11.1 Å². The predicted molar refractivity (Wildman–Crippen MR) is 70.8 cm³/mol. The molecule has 0 aliphatic carbocycles. The second kappa shape index (κ2) is 5.31. The molecular formula is C16H13F3. The highest BCUT2D eigenvalue weighted by atomic mass is 19.4. The van der Waals surface area contributed by atoms with Gasteiger partial charge in [0.2, 0.25) is 0 Å². The Kier molecular flexibility index (Phi) is 3.74. The van der Waals surface area contributed by atoms with Crippen LogP contribution in [0.15, 0.2) is 61.2 Å². The molecule has 0 fully saturated rings. The maximum atomic E-state index is 12.6. The molecule has 19 heavy (non-hydrogen) atoms. The zero-order valence-corrected chi connectivity index (χ0v) is 10.2. The van der Waals surface area contributed by atoms with Crippen molar-refractivity contribution < 1.29 is 13.2 Å². The van der Waals surface area contributed by atoms with Gasteiger partial charge in [-0.05, 0) is 35.2 Å². The Hall–Kier alpha value is -2.03. The van der Waals surface area contributed by atoms with Gasteiger partial charge in [-0.15, -0.1) is 6.58 Å². The number of rotatable bonds is 3. The molecule has 0 aliphatic rings. The smallest absolute Gasteiger partial charge is 0.166 e. The Morgan fingerprint density at radius 3 is 2.21 bits per heavy atom. The standard InChI is InChI=1S/C16H13F3/c1-2-4-12-7-9-13(10-8-12)14-5-3-6-15(11-14)16(17,18)19/h2-3,5-11H,1,4H2. The Labute approximate surface area is 110 Å². The Morgan fingerprint density at radius 2 is 1.63 bits per heavy atom. The van der Waals surface area contributed by atoms with Gasteiger partial charge in [0.15, 0.2) is 0 Å². The number of benzene rings is 2. The van der Waals surface area contributed by atoms with Gasteiger partial charge in [-0.25, -0.2) is 0 Å². The van der Waals surface area contributed by atoms with Gasteiger partial charge in [0.05, 0.1) is 5.56 Å². The zero-order chi connectivity index (χ0) is 13.9. The van der Waals surface area contributed by atoms with Crippen LogP contribution in [-0.2, 0) is 12.6 Å². The molecule has 0 saturated carbocycles. The Balaban J connectivity index is 2.34. The van der Waals surface area contributed by atoms with E-state index in [0.29, 0.717) is 5.56 Å². The molecular weight excluding hydrogens is 249 g/mol. The van der Waals surface area contributed by atoms with Gasteiger partial charge in [-0.2, -0.15) is 13.2 Å². The minimum atomic E-state index is -4.31. The van der Waals surface area contributed by atoms with Crippen molar-refractivity contribution in [2.45, 2.75) is 12.6 Å². The molecule has 0 N–H and O–H groups in total. The topological polar surface area (TPSA) is 0 Å². The first kappa shape index (κ1) is 13.4. The first-order chi connectivity index (χ1) is 9.00. The van der Waals surface area contributed by atoms with E-state index >= 15 is 0 Å². The van der Waals surface area contributed by atoms with E-state index in [0.717, 1.165) is 23.6 Å². The highest BCUT2D eigenvalue weighted by molar-refractivity contribution is 5.64. The van der Waals surface area contributed by atoms with E-state index in [1.807, 2.05) is 24.3 Å². The van der Waals surface area contributed by atoms with E-state index in [-0.39, 0.29) is 0 Å². The minimum Gasteiger partial charge on any atom is -0.166 e. The third-order valence-corrected chi connectivity index (χ3v) is 2.86. The molecule has 0 aromatic heterocycles. The molecule has 0 saturated heterocycles. The third-order valence-electron chi connectivity index (χ3n) is 2.86. The van der Waals surface area contributed by atoms with Gasteiger partial charge >= 0.3 is 6.18 Å². The number of hydrogen-bond donors (Lipinski definition) is 0. The van der Waals surface area contributed by atoms with Crippen LogP contribution in [0.5, 0.6) is 0 Å². The van der Waals surface area contributed by atoms with Crippen molar-refractivity contribution in [3.05, 3.63) is 72.3 Å². The molecule has 0 bridgehead atoms. The second-order valence-electron chi connectivity index (χ2n) is 4.27. The van der Waals surface area contributed by atoms with Crippen molar-refractivity contribution in [3.63, 3.8) is 0 Å². The quantitative estimate of drug-likeness (QED) is 0.675. The number of alkyl halides is 3. The lowest BCUT2D eigenvalue weighted by atomic mass is 10.0. The molecule has 0 nitrogen and oxygen atoms in total. The first-order valence-corrected chi connectivity index (χ1v) is 5.88. The lowest BCUT2D eigenvalue weighted by Crippen LogP contribution is -2.04. The van der Waals surface area contributed by atoms with Crippen LogP contribution in [0.1, 0.15) is 11.1 Å². The van der Waals surface area contributed by atoms with Crippen molar-refractivity contribution in [2.75, 3.05) is 0 Å². The maximum Gasteiger partial charge on any atom is 0.416 e. The molecule has 0 spiro atoms. The number of hydrogen-bond acceptors (Lipinski definition) is 0. The second-order valence-corrected chi connectivity index (χ2v) is 4.27. The lowest BCUT2D eigenvalue weighted by molar-refractivity contribution is -0.137. The van der Waals surface area contributed by atoms with E-state index in [9.17, 15) is 13.2 Å². The molecule has 98 valence electrons. The highest BCUT2D eigenvalue weighted by Crippen LogP contribution is 2.32. The summed E-state index contributed by atoms with van der Waals surface area (Å²) in [5, 5.41) is 0. The summed E-state index contributed by atoms with van der Waals surface area (Å²) in [7, 11) is 0.